The molecule has 1 rings (SSSR count). The number of carbonyl (C=O) groups is 2. The molecular weight excluding hydrogens is 228 g/mol. The summed E-state index contributed by atoms with van der Waals surface area (Å²) >= 11 is 5.59. The maximum absolute atomic E-state index is 11.8. The Morgan fingerprint density at radius 2 is 2.12 bits per heavy atom. The molecule has 3 amide bonds. The second kappa shape index (κ2) is 6.09. The highest BCUT2D eigenvalue weighted by atomic mass is 35.5. The summed E-state index contributed by atoms with van der Waals surface area (Å²) < 4.78 is 0. The van der Waals surface area contributed by atoms with Crippen LogP contribution in [0.25, 0.3) is 0 Å². The summed E-state index contributed by atoms with van der Waals surface area (Å²) in [7, 11) is 0. The third-order valence-electron chi connectivity index (χ3n) is 2.59. The largest absolute Gasteiger partial charge is 0.324 e. The van der Waals surface area contributed by atoms with Crippen molar-refractivity contribution >= 4 is 23.5 Å². The lowest BCUT2D eigenvalue weighted by Crippen LogP contribution is -2.46. The first-order valence-corrected chi connectivity index (χ1v) is 6.25. The Morgan fingerprint density at radius 1 is 1.50 bits per heavy atom. The average Bonchev–Trinajstić information content (AvgIpc) is 3.02. The number of hydrogen-bond acceptors (Lipinski definition) is 2. The molecule has 4 nitrogen and oxygen atoms in total. The van der Waals surface area contributed by atoms with Crippen LogP contribution in [0, 0.1) is 0 Å². The van der Waals surface area contributed by atoms with Gasteiger partial charge in [-0.1, -0.05) is 13.3 Å². The van der Waals surface area contributed by atoms with Crippen LogP contribution in [-0.2, 0) is 4.79 Å². The van der Waals surface area contributed by atoms with Gasteiger partial charge < -0.3 is 4.90 Å². The molecule has 0 aromatic rings. The molecule has 1 atom stereocenters. The molecule has 0 radical (unpaired) electrons. The number of unbranched alkanes of at least 4 members (excludes halogenated alkanes) is 1. The van der Waals surface area contributed by atoms with E-state index in [9.17, 15) is 9.59 Å². The van der Waals surface area contributed by atoms with Gasteiger partial charge in [-0.2, -0.15) is 0 Å². The number of halogens is 1. The number of alkyl halides is 1. The Labute approximate surface area is 101 Å². The van der Waals surface area contributed by atoms with Crippen LogP contribution in [0.15, 0.2) is 0 Å². The van der Waals surface area contributed by atoms with Gasteiger partial charge in [0.1, 0.15) is 5.38 Å². The van der Waals surface area contributed by atoms with Crippen LogP contribution in [0.1, 0.15) is 39.5 Å². The van der Waals surface area contributed by atoms with E-state index in [1.165, 1.54) is 0 Å². The Hall–Kier alpha value is -0.770. The molecule has 1 fully saturated rings. The van der Waals surface area contributed by atoms with Gasteiger partial charge >= 0.3 is 6.03 Å². The van der Waals surface area contributed by atoms with Crippen molar-refractivity contribution < 1.29 is 9.59 Å². The maximum Gasteiger partial charge on any atom is 0.324 e. The molecule has 1 aliphatic rings. The number of nitrogens with one attached hydrogen (secondary N) is 1. The Balaban J connectivity index is 2.44. The lowest BCUT2D eigenvalue weighted by Gasteiger charge is -2.22. The zero-order valence-corrected chi connectivity index (χ0v) is 10.6. The fourth-order valence-electron chi connectivity index (χ4n) is 1.44. The average molecular weight is 247 g/mol. The molecule has 0 aromatic carbocycles. The van der Waals surface area contributed by atoms with E-state index in [-0.39, 0.29) is 6.03 Å². The number of urea groups is 1. The molecule has 16 heavy (non-hydrogen) atoms. The summed E-state index contributed by atoms with van der Waals surface area (Å²) in [5.74, 6) is -0.422. The Kier molecular flexibility index (Phi) is 5.06. The first kappa shape index (κ1) is 13.3. The molecule has 0 bridgehead atoms. The minimum atomic E-state index is -0.670. The number of carbonyl (C=O) groups excluding carboxylic acids is 2. The monoisotopic (exact) mass is 246 g/mol. The molecule has 1 aliphatic carbocycles. The van der Waals surface area contributed by atoms with Gasteiger partial charge in [0.25, 0.3) is 0 Å². The van der Waals surface area contributed by atoms with Crippen molar-refractivity contribution in [3.8, 4) is 0 Å². The topological polar surface area (TPSA) is 49.4 Å². The van der Waals surface area contributed by atoms with Gasteiger partial charge in [0.05, 0.1) is 0 Å². The predicted octanol–water partition coefficient (Wildman–Crippen LogP) is 2.11. The molecule has 0 saturated heterocycles. The van der Waals surface area contributed by atoms with Crippen molar-refractivity contribution in [3.63, 3.8) is 0 Å². The maximum atomic E-state index is 11.8. The van der Waals surface area contributed by atoms with Gasteiger partial charge in [0.2, 0.25) is 5.91 Å². The molecule has 1 unspecified atom stereocenters. The lowest BCUT2D eigenvalue weighted by atomic mass is 10.3. The fourth-order valence-corrected chi connectivity index (χ4v) is 1.50. The second-order valence-electron chi connectivity index (χ2n) is 4.19. The standard InChI is InChI=1S/C11H19ClN2O2/c1-3-4-7-14(9-5-6-9)11(16)13-10(15)8(2)12/h8-9H,3-7H2,1-2H3,(H,13,15,16). The van der Waals surface area contributed by atoms with Crippen molar-refractivity contribution in [2.24, 2.45) is 0 Å². The van der Waals surface area contributed by atoms with E-state index in [0.29, 0.717) is 6.04 Å². The van der Waals surface area contributed by atoms with Crippen molar-refractivity contribution in [1.29, 1.82) is 0 Å². The van der Waals surface area contributed by atoms with Crippen molar-refractivity contribution in [3.05, 3.63) is 0 Å². The van der Waals surface area contributed by atoms with E-state index >= 15 is 0 Å². The van der Waals surface area contributed by atoms with Crippen LogP contribution in [0.4, 0.5) is 4.79 Å². The van der Waals surface area contributed by atoms with E-state index in [4.69, 9.17) is 11.6 Å². The summed E-state index contributed by atoms with van der Waals surface area (Å²) in [6.45, 7) is 4.35. The minimum Gasteiger partial charge on any atom is -0.321 e. The van der Waals surface area contributed by atoms with Crippen LogP contribution in [0.3, 0.4) is 0 Å². The van der Waals surface area contributed by atoms with E-state index in [1.807, 2.05) is 0 Å². The number of hydrogen-bond donors (Lipinski definition) is 1. The summed E-state index contributed by atoms with van der Waals surface area (Å²) in [6, 6.07) is 0.0263. The van der Waals surface area contributed by atoms with Crippen LogP contribution >= 0.6 is 11.6 Å². The third kappa shape index (κ3) is 4.00. The summed E-state index contributed by atoms with van der Waals surface area (Å²) in [4.78, 5) is 24.8. The molecule has 0 heterocycles. The molecule has 0 spiro atoms. The first-order valence-electron chi connectivity index (χ1n) is 5.81. The molecule has 1 N–H and O–H groups in total. The number of nitrogens with zero attached hydrogens (tertiary/aromatic N) is 1. The van der Waals surface area contributed by atoms with Crippen molar-refractivity contribution in [1.82, 2.24) is 10.2 Å². The third-order valence-corrected chi connectivity index (χ3v) is 2.79. The van der Waals surface area contributed by atoms with E-state index < -0.39 is 11.3 Å². The van der Waals surface area contributed by atoms with Gasteiger partial charge in [-0.3, -0.25) is 10.1 Å². The van der Waals surface area contributed by atoms with Gasteiger partial charge in [-0.25, -0.2) is 4.79 Å². The van der Waals surface area contributed by atoms with E-state index in [2.05, 4.69) is 12.2 Å². The van der Waals surface area contributed by atoms with Crippen LogP contribution in [0.5, 0.6) is 0 Å². The molecule has 0 aliphatic heterocycles. The SMILES string of the molecule is CCCCN(C(=O)NC(=O)C(C)Cl)C1CC1. The predicted molar refractivity (Wildman–Crippen MR) is 63.5 cm³/mol. The van der Waals surface area contributed by atoms with Crippen molar-refractivity contribution in [2.45, 2.75) is 50.9 Å². The second-order valence-corrected chi connectivity index (χ2v) is 4.84. The molecule has 0 aromatic heterocycles. The van der Waals surface area contributed by atoms with Crippen LogP contribution < -0.4 is 5.32 Å². The zero-order chi connectivity index (χ0) is 12.1. The summed E-state index contributed by atoms with van der Waals surface area (Å²) in [6.07, 6.45) is 4.09. The van der Waals surface area contributed by atoms with Crippen LogP contribution in [0.2, 0.25) is 0 Å². The molecule has 5 heteroatoms. The van der Waals surface area contributed by atoms with Gasteiger partial charge in [0.15, 0.2) is 0 Å². The lowest BCUT2D eigenvalue weighted by molar-refractivity contribution is -0.119. The molecular formula is C11H19ClN2O2. The smallest absolute Gasteiger partial charge is 0.321 e. The van der Waals surface area contributed by atoms with Crippen LogP contribution in [-0.4, -0.2) is 34.8 Å². The van der Waals surface area contributed by atoms with E-state index in [0.717, 1.165) is 32.2 Å². The zero-order valence-electron chi connectivity index (χ0n) is 9.83. The normalized spacial score (nSPS) is 16.7. The highest BCUT2D eigenvalue weighted by Gasteiger charge is 2.32. The molecule has 1 saturated carbocycles. The number of amides is 3. The Bertz CT molecular complexity index is 265. The van der Waals surface area contributed by atoms with Crippen molar-refractivity contribution in [2.75, 3.05) is 6.54 Å². The fraction of sp³-hybridized carbons (Fsp3) is 0.818. The minimum absolute atomic E-state index is 0.298. The summed E-state index contributed by atoms with van der Waals surface area (Å²) in [5.41, 5.74) is 0. The molecule has 92 valence electrons. The first-order chi connectivity index (χ1) is 7.56. The highest BCUT2D eigenvalue weighted by molar-refractivity contribution is 6.31. The van der Waals surface area contributed by atoms with E-state index in [1.54, 1.807) is 11.8 Å². The quantitative estimate of drug-likeness (QED) is 0.756. The Morgan fingerprint density at radius 3 is 2.56 bits per heavy atom. The van der Waals surface area contributed by atoms with Gasteiger partial charge in [-0.05, 0) is 26.2 Å². The van der Waals surface area contributed by atoms with Gasteiger partial charge in [0, 0.05) is 12.6 Å². The number of rotatable bonds is 5. The number of imide groups is 1. The summed E-state index contributed by atoms with van der Waals surface area (Å²) in [5, 5.41) is 1.66. The van der Waals surface area contributed by atoms with Gasteiger partial charge in [-0.15, -0.1) is 11.6 Å². The highest BCUT2D eigenvalue weighted by Crippen LogP contribution is 2.27.